The van der Waals surface area contributed by atoms with Crippen LogP contribution in [0.1, 0.15) is 53.7 Å². The Bertz CT molecular complexity index is 1930. The highest BCUT2D eigenvalue weighted by Crippen LogP contribution is 2.46. The Labute approximate surface area is 278 Å². The second-order valence-electron chi connectivity index (χ2n) is 11.5. The van der Waals surface area contributed by atoms with Crippen LogP contribution in [-0.4, -0.2) is 45.5 Å². The number of hydrogen-bond acceptors (Lipinski definition) is 7. The number of rotatable bonds is 10. The molecule has 1 fully saturated rings. The van der Waals surface area contributed by atoms with Crippen LogP contribution in [0.15, 0.2) is 77.0 Å². The molecule has 0 bridgehead atoms. The lowest BCUT2D eigenvalue weighted by atomic mass is 9.85. The van der Waals surface area contributed by atoms with Crippen molar-refractivity contribution in [2.24, 2.45) is 0 Å². The molecule has 3 aromatic carbocycles. The van der Waals surface area contributed by atoms with Gasteiger partial charge in [0.2, 0.25) is 5.78 Å². The van der Waals surface area contributed by atoms with Crippen molar-refractivity contribution >= 4 is 56.3 Å². The van der Waals surface area contributed by atoms with E-state index in [1.54, 1.807) is 0 Å². The maximum atomic E-state index is 13.5. The van der Waals surface area contributed by atoms with Gasteiger partial charge in [-0.3, -0.25) is 4.79 Å². The summed E-state index contributed by atoms with van der Waals surface area (Å²) in [6, 6.07) is 15.0. The van der Waals surface area contributed by atoms with Gasteiger partial charge in [-0.1, -0.05) is 53.5 Å². The first kappa shape index (κ1) is 32.0. The van der Waals surface area contributed by atoms with E-state index in [0.717, 1.165) is 33.5 Å². The van der Waals surface area contributed by atoms with Gasteiger partial charge in [-0.15, -0.1) is 0 Å². The summed E-state index contributed by atoms with van der Waals surface area (Å²) in [6.07, 6.45) is 3.99. The number of urea groups is 1. The smallest absolute Gasteiger partial charge is 0.329 e. The number of anilines is 1. The third kappa shape index (κ3) is 5.97. The predicted molar refractivity (Wildman–Crippen MR) is 178 cm³/mol. The van der Waals surface area contributed by atoms with Crippen LogP contribution in [0.3, 0.4) is 0 Å². The standard InChI is InChI=1S/C34H33Cl2N3O6S/c1-4-44-27-10-6-8-22-29(27)23-18-39(19-24(23)32(31(22)40)45-5-2)26-13-12-21(16-20(26)3)17-34(14-15-34)37-33(41)38-46(42,43)28-11-7-9-25(35)30(28)36/h6-13,16,18H,4-5,14-15,17,19H2,1-3H3,(H2,37,38,41). The van der Waals surface area contributed by atoms with Gasteiger partial charge in [0, 0.05) is 39.7 Å². The Balaban J connectivity index is 1.21. The third-order valence-corrected chi connectivity index (χ3v) is 10.6. The topological polar surface area (TPSA) is 114 Å². The van der Waals surface area contributed by atoms with Crippen molar-refractivity contribution in [1.82, 2.24) is 10.0 Å². The minimum Gasteiger partial charge on any atom is -0.493 e. The molecule has 0 saturated heterocycles. The molecule has 2 N–H and O–H groups in total. The average Bonchev–Trinajstić information content (AvgIpc) is 3.60. The molecule has 9 nitrogen and oxygen atoms in total. The molecule has 0 aromatic heterocycles. The SMILES string of the molecule is CCOC1=C2CN(c3ccc(CC4(NC(=O)NS(=O)(=O)c5cccc(Cl)c5Cl)CC4)cc3C)C=C2c2c(OCC)cccc2C1=O. The van der Waals surface area contributed by atoms with Crippen molar-refractivity contribution in [3.63, 3.8) is 0 Å². The Morgan fingerprint density at radius 3 is 2.46 bits per heavy atom. The summed E-state index contributed by atoms with van der Waals surface area (Å²) in [5.74, 6) is 0.886. The van der Waals surface area contributed by atoms with Crippen molar-refractivity contribution in [3.8, 4) is 5.75 Å². The Hall–Kier alpha value is -3.99. The van der Waals surface area contributed by atoms with Crippen molar-refractivity contribution in [2.75, 3.05) is 24.7 Å². The van der Waals surface area contributed by atoms with E-state index in [0.29, 0.717) is 56.1 Å². The molecule has 1 heterocycles. The van der Waals surface area contributed by atoms with E-state index < -0.39 is 21.6 Å². The van der Waals surface area contributed by atoms with Crippen molar-refractivity contribution in [1.29, 1.82) is 0 Å². The van der Waals surface area contributed by atoms with Crippen LogP contribution in [0, 0.1) is 6.92 Å². The zero-order chi connectivity index (χ0) is 32.8. The summed E-state index contributed by atoms with van der Waals surface area (Å²) in [4.78, 5) is 28.1. The number of nitrogens with one attached hydrogen (secondary N) is 2. The van der Waals surface area contributed by atoms with Gasteiger partial charge in [0.25, 0.3) is 10.0 Å². The molecule has 1 saturated carbocycles. The largest absolute Gasteiger partial charge is 0.493 e. The monoisotopic (exact) mass is 681 g/mol. The first-order valence-electron chi connectivity index (χ1n) is 15.0. The van der Waals surface area contributed by atoms with Gasteiger partial charge < -0.3 is 19.7 Å². The molecule has 2 amide bonds. The van der Waals surface area contributed by atoms with E-state index in [2.05, 4.69) is 21.0 Å². The number of halogens is 2. The first-order valence-corrected chi connectivity index (χ1v) is 17.2. The first-order chi connectivity index (χ1) is 22.0. The van der Waals surface area contributed by atoms with Crippen LogP contribution in [0.25, 0.3) is 5.57 Å². The van der Waals surface area contributed by atoms with E-state index in [1.807, 2.05) is 57.3 Å². The lowest BCUT2D eigenvalue weighted by molar-refractivity contribution is 0.0920. The van der Waals surface area contributed by atoms with Crippen molar-refractivity contribution in [3.05, 3.63) is 104 Å². The third-order valence-electron chi connectivity index (χ3n) is 8.33. The number of sulfonamides is 1. The van der Waals surface area contributed by atoms with Crippen LogP contribution in [0.4, 0.5) is 10.5 Å². The quantitative estimate of drug-likeness (QED) is 0.242. The molecular weight excluding hydrogens is 649 g/mol. The fourth-order valence-corrected chi connectivity index (χ4v) is 7.77. The number of allylic oxidation sites excluding steroid dienone is 1. The number of carbonyl (C=O) groups excluding carboxylic acids is 2. The number of Topliss-reactive ketones (excluding diaryl/α,β-unsaturated/α-hetero) is 1. The highest BCUT2D eigenvalue weighted by Gasteiger charge is 2.45. The molecule has 2 aliphatic carbocycles. The summed E-state index contributed by atoms with van der Waals surface area (Å²) < 4.78 is 39.5. The van der Waals surface area contributed by atoms with Gasteiger partial charge in [-0.25, -0.2) is 17.9 Å². The van der Waals surface area contributed by atoms with E-state index in [4.69, 9.17) is 32.7 Å². The van der Waals surface area contributed by atoms with Crippen LogP contribution in [0.2, 0.25) is 10.0 Å². The molecular formula is C34H33Cl2N3O6S. The van der Waals surface area contributed by atoms with E-state index >= 15 is 0 Å². The number of hydrogen-bond donors (Lipinski definition) is 2. The Kier molecular flexibility index (Phi) is 8.56. The molecule has 3 aliphatic rings. The van der Waals surface area contributed by atoms with Gasteiger partial charge in [0.05, 0.1) is 29.8 Å². The number of carbonyl (C=O) groups is 2. The van der Waals surface area contributed by atoms with Gasteiger partial charge in [0.15, 0.2) is 5.76 Å². The second-order valence-corrected chi connectivity index (χ2v) is 14.0. The Morgan fingerprint density at radius 2 is 1.76 bits per heavy atom. The van der Waals surface area contributed by atoms with Gasteiger partial charge in [-0.2, -0.15) is 0 Å². The molecule has 240 valence electrons. The van der Waals surface area contributed by atoms with Crippen molar-refractivity contribution < 1.29 is 27.5 Å². The molecule has 1 aliphatic heterocycles. The molecule has 0 radical (unpaired) electrons. The summed E-state index contributed by atoms with van der Waals surface area (Å²) >= 11 is 12.0. The number of fused-ring (bicyclic) bond motifs is 3. The highest BCUT2D eigenvalue weighted by molar-refractivity contribution is 7.90. The molecule has 0 atom stereocenters. The molecule has 0 unspecified atom stereocenters. The normalized spacial score (nSPS) is 16.4. The summed E-state index contributed by atoms with van der Waals surface area (Å²) in [7, 11) is -4.23. The minimum absolute atomic E-state index is 0.0753. The van der Waals surface area contributed by atoms with E-state index in [9.17, 15) is 18.0 Å². The number of ether oxygens (including phenoxy) is 2. The molecule has 46 heavy (non-hydrogen) atoms. The maximum absolute atomic E-state index is 13.5. The zero-order valence-corrected chi connectivity index (χ0v) is 27.9. The second kappa shape index (κ2) is 12.3. The van der Waals surface area contributed by atoms with Crippen LogP contribution in [-0.2, 0) is 21.2 Å². The lowest BCUT2D eigenvalue weighted by Crippen LogP contribution is -2.46. The van der Waals surface area contributed by atoms with E-state index in [-0.39, 0.29) is 20.7 Å². The number of nitrogens with zero attached hydrogens (tertiary/aromatic N) is 1. The predicted octanol–water partition coefficient (Wildman–Crippen LogP) is 6.81. The van der Waals surface area contributed by atoms with Crippen molar-refractivity contribution in [2.45, 2.75) is 50.5 Å². The van der Waals surface area contributed by atoms with E-state index in [1.165, 1.54) is 18.2 Å². The fourth-order valence-electron chi connectivity index (χ4n) is 6.10. The summed E-state index contributed by atoms with van der Waals surface area (Å²) in [6.45, 7) is 7.12. The van der Waals surface area contributed by atoms with Crippen LogP contribution in [0.5, 0.6) is 5.75 Å². The lowest BCUT2D eigenvalue weighted by Gasteiger charge is -2.23. The van der Waals surface area contributed by atoms with Gasteiger partial charge in [-0.05, 0) is 75.4 Å². The molecule has 3 aromatic rings. The maximum Gasteiger partial charge on any atom is 0.329 e. The molecule has 0 spiro atoms. The van der Waals surface area contributed by atoms with Gasteiger partial charge >= 0.3 is 6.03 Å². The Morgan fingerprint density at radius 1 is 1.02 bits per heavy atom. The summed E-state index contributed by atoms with van der Waals surface area (Å²) in [5, 5.41) is 2.78. The van der Waals surface area contributed by atoms with Crippen LogP contribution < -0.4 is 19.7 Å². The molecule has 6 rings (SSSR count). The van der Waals surface area contributed by atoms with Gasteiger partial charge in [0.1, 0.15) is 10.6 Å². The fraction of sp³-hybridized carbons (Fsp3) is 0.294. The summed E-state index contributed by atoms with van der Waals surface area (Å²) in [5.41, 5.74) is 5.50. The number of ketones is 1. The minimum atomic E-state index is -4.23. The highest BCUT2D eigenvalue weighted by atomic mass is 35.5. The number of aryl methyl sites for hydroxylation is 1. The van der Waals surface area contributed by atoms with Crippen LogP contribution >= 0.6 is 23.2 Å². The zero-order valence-electron chi connectivity index (χ0n) is 25.6. The molecule has 12 heteroatoms. The average molecular weight is 683 g/mol. The number of benzene rings is 3. The number of amides is 2.